The van der Waals surface area contributed by atoms with E-state index >= 15 is 0 Å². The van der Waals surface area contributed by atoms with E-state index in [0.717, 1.165) is 24.8 Å². The Kier molecular flexibility index (Phi) is 7.12. The summed E-state index contributed by atoms with van der Waals surface area (Å²) in [5.74, 6) is -0.0827. The van der Waals surface area contributed by atoms with Crippen molar-refractivity contribution < 1.29 is 9.90 Å². The lowest BCUT2D eigenvalue weighted by atomic mass is 9.94. The molecule has 3 nitrogen and oxygen atoms in total. The largest absolute Gasteiger partial charge is 0.394 e. The topological polar surface area (TPSA) is 49.3 Å². The standard InChI is InChI=1S/C14H27NO2/c1-6-7-8-14(5,10-16)15-13(17)12(4)9-11(2)3/h12,16H,2,6-10H2,1,3-5H3,(H,15,17). The third kappa shape index (κ3) is 6.47. The van der Waals surface area contributed by atoms with Crippen molar-refractivity contribution in [2.24, 2.45) is 5.92 Å². The lowest BCUT2D eigenvalue weighted by molar-refractivity contribution is -0.127. The first kappa shape index (κ1) is 16.2. The van der Waals surface area contributed by atoms with Crippen molar-refractivity contribution in [1.82, 2.24) is 5.32 Å². The molecule has 0 fully saturated rings. The summed E-state index contributed by atoms with van der Waals surface area (Å²) < 4.78 is 0. The lowest BCUT2D eigenvalue weighted by Gasteiger charge is -2.30. The second-order valence-electron chi connectivity index (χ2n) is 5.37. The zero-order valence-electron chi connectivity index (χ0n) is 11.7. The van der Waals surface area contributed by atoms with Crippen LogP contribution in [0.1, 0.15) is 53.4 Å². The first-order valence-electron chi connectivity index (χ1n) is 6.42. The van der Waals surface area contributed by atoms with Gasteiger partial charge in [0.25, 0.3) is 0 Å². The highest BCUT2D eigenvalue weighted by atomic mass is 16.3. The van der Waals surface area contributed by atoms with Gasteiger partial charge in [0.2, 0.25) is 5.91 Å². The maximum absolute atomic E-state index is 12.0. The van der Waals surface area contributed by atoms with Crippen LogP contribution in [0.4, 0.5) is 0 Å². The molecule has 0 aliphatic carbocycles. The molecule has 0 radical (unpaired) electrons. The quantitative estimate of drug-likeness (QED) is 0.642. The fraction of sp³-hybridized carbons (Fsp3) is 0.786. The van der Waals surface area contributed by atoms with Crippen LogP contribution >= 0.6 is 0 Å². The Labute approximate surface area is 105 Å². The van der Waals surface area contributed by atoms with Gasteiger partial charge in [0, 0.05) is 5.92 Å². The van der Waals surface area contributed by atoms with Gasteiger partial charge in [-0.15, -0.1) is 6.58 Å². The number of carbonyl (C=O) groups is 1. The number of rotatable bonds is 8. The molecule has 0 aromatic rings. The Bertz CT molecular complexity index is 263. The molecule has 0 bridgehead atoms. The van der Waals surface area contributed by atoms with Crippen LogP contribution in [0, 0.1) is 5.92 Å². The van der Waals surface area contributed by atoms with Gasteiger partial charge >= 0.3 is 0 Å². The summed E-state index contributed by atoms with van der Waals surface area (Å²) in [7, 11) is 0. The molecule has 1 amide bonds. The summed E-state index contributed by atoms with van der Waals surface area (Å²) in [4.78, 5) is 12.0. The van der Waals surface area contributed by atoms with E-state index in [-0.39, 0.29) is 18.4 Å². The molecule has 0 aliphatic rings. The summed E-state index contributed by atoms with van der Waals surface area (Å²) in [5.41, 5.74) is 0.517. The normalized spacial score (nSPS) is 16.1. The van der Waals surface area contributed by atoms with Gasteiger partial charge in [-0.2, -0.15) is 0 Å². The van der Waals surface area contributed by atoms with Crippen molar-refractivity contribution in [2.45, 2.75) is 58.9 Å². The number of unbranched alkanes of at least 4 members (excludes halogenated alkanes) is 1. The van der Waals surface area contributed by atoms with Gasteiger partial charge in [-0.3, -0.25) is 4.79 Å². The molecular formula is C14H27NO2. The van der Waals surface area contributed by atoms with Crippen molar-refractivity contribution in [2.75, 3.05) is 6.61 Å². The lowest BCUT2D eigenvalue weighted by Crippen LogP contribution is -2.50. The molecule has 0 aromatic heterocycles. The van der Waals surface area contributed by atoms with Crippen LogP contribution in [0.25, 0.3) is 0 Å². The zero-order chi connectivity index (χ0) is 13.5. The second-order valence-corrected chi connectivity index (χ2v) is 5.37. The van der Waals surface area contributed by atoms with Crippen LogP contribution in [0.2, 0.25) is 0 Å². The molecule has 2 atom stereocenters. The highest BCUT2D eigenvalue weighted by Crippen LogP contribution is 2.16. The maximum Gasteiger partial charge on any atom is 0.223 e. The Balaban J connectivity index is 4.35. The van der Waals surface area contributed by atoms with Crippen LogP contribution in [-0.2, 0) is 4.79 Å². The molecular weight excluding hydrogens is 214 g/mol. The summed E-state index contributed by atoms with van der Waals surface area (Å²) in [5, 5.41) is 12.3. The second kappa shape index (κ2) is 7.49. The monoisotopic (exact) mass is 241 g/mol. The van der Waals surface area contributed by atoms with E-state index in [4.69, 9.17) is 0 Å². The van der Waals surface area contributed by atoms with E-state index < -0.39 is 5.54 Å². The van der Waals surface area contributed by atoms with E-state index in [9.17, 15) is 9.90 Å². The fourth-order valence-electron chi connectivity index (χ4n) is 1.78. The van der Waals surface area contributed by atoms with Crippen molar-refractivity contribution in [3.8, 4) is 0 Å². The summed E-state index contributed by atoms with van der Waals surface area (Å²) >= 11 is 0. The van der Waals surface area contributed by atoms with Gasteiger partial charge in [0.15, 0.2) is 0 Å². The fourth-order valence-corrected chi connectivity index (χ4v) is 1.78. The first-order chi connectivity index (χ1) is 7.84. The van der Waals surface area contributed by atoms with Crippen LogP contribution < -0.4 is 5.32 Å². The number of carbonyl (C=O) groups excluding carboxylic acids is 1. The minimum atomic E-state index is -0.490. The summed E-state index contributed by atoms with van der Waals surface area (Å²) in [6.45, 7) is 11.6. The summed E-state index contributed by atoms with van der Waals surface area (Å²) in [6, 6.07) is 0. The smallest absolute Gasteiger partial charge is 0.223 e. The van der Waals surface area contributed by atoms with E-state index in [2.05, 4.69) is 18.8 Å². The molecule has 0 heterocycles. The predicted molar refractivity (Wildman–Crippen MR) is 71.8 cm³/mol. The van der Waals surface area contributed by atoms with Crippen molar-refractivity contribution >= 4 is 5.91 Å². The first-order valence-corrected chi connectivity index (χ1v) is 6.42. The van der Waals surface area contributed by atoms with Crippen molar-refractivity contribution in [3.05, 3.63) is 12.2 Å². The van der Waals surface area contributed by atoms with Gasteiger partial charge in [-0.25, -0.2) is 0 Å². The number of hydrogen-bond acceptors (Lipinski definition) is 2. The number of aliphatic hydroxyl groups is 1. The SMILES string of the molecule is C=C(C)CC(C)C(=O)NC(C)(CO)CCCC. The minimum absolute atomic E-state index is 0.000605. The third-order valence-electron chi connectivity index (χ3n) is 2.96. The van der Waals surface area contributed by atoms with Gasteiger partial charge < -0.3 is 10.4 Å². The van der Waals surface area contributed by atoms with Gasteiger partial charge in [-0.05, 0) is 26.7 Å². The highest BCUT2D eigenvalue weighted by molar-refractivity contribution is 5.79. The number of allylic oxidation sites excluding steroid dienone is 1. The molecule has 0 saturated heterocycles. The van der Waals surface area contributed by atoms with E-state index in [1.54, 1.807) is 0 Å². The number of hydrogen-bond donors (Lipinski definition) is 2. The zero-order valence-corrected chi connectivity index (χ0v) is 11.7. The average molecular weight is 241 g/mol. The van der Waals surface area contributed by atoms with Gasteiger partial charge in [0.05, 0.1) is 12.1 Å². The Hall–Kier alpha value is -0.830. The van der Waals surface area contributed by atoms with Crippen molar-refractivity contribution in [3.63, 3.8) is 0 Å². The Morgan fingerprint density at radius 3 is 2.53 bits per heavy atom. The van der Waals surface area contributed by atoms with Crippen LogP contribution in [0.15, 0.2) is 12.2 Å². The van der Waals surface area contributed by atoms with E-state index in [1.165, 1.54) is 0 Å². The maximum atomic E-state index is 12.0. The van der Waals surface area contributed by atoms with Crippen LogP contribution in [0.5, 0.6) is 0 Å². The molecule has 2 unspecified atom stereocenters. The third-order valence-corrected chi connectivity index (χ3v) is 2.96. The Morgan fingerprint density at radius 1 is 1.53 bits per heavy atom. The van der Waals surface area contributed by atoms with E-state index in [1.807, 2.05) is 20.8 Å². The molecule has 0 saturated carbocycles. The predicted octanol–water partition coefficient (Wildman–Crippen LogP) is 2.65. The van der Waals surface area contributed by atoms with E-state index in [0.29, 0.717) is 6.42 Å². The molecule has 100 valence electrons. The molecule has 0 rings (SSSR count). The van der Waals surface area contributed by atoms with Gasteiger partial charge in [-0.1, -0.05) is 32.3 Å². The minimum Gasteiger partial charge on any atom is -0.394 e. The van der Waals surface area contributed by atoms with Crippen molar-refractivity contribution in [1.29, 1.82) is 0 Å². The number of amides is 1. The van der Waals surface area contributed by atoms with Crippen LogP contribution in [-0.4, -0.2) is 23.2 Å². The number of aliphatic hydroxyl groups excluding tert-OH is 1. The van der Waals surface area contributed by atoms with Crippen LogP contribution in [0.3, 0.4) is 0 Å². The molecule has 17 heavy (non-hydrogen) atoms. The Morgan fingerprint density at radius 2 is 2.12 bits per heavy atom. The molecule has 0 aromatic carbocycles. The summed E-state index contributed by atoms with van der Waals surface area (Å²) in [6.07, 6.45) is 3.58. The molecule has 0 aliphatic heterocycles. The molecule has 0 spiro atoms. The highest BCUT2D eigenvalue weighted by Gasteiger charge is 2.26. The molecule has 3 heteroatoms. The number of nitrogens with one attached hydrogen (secondary N) is 1. The van der Waals surface area contributed by atoms with Gasteiger partial charge in [0.1, 0.15) is 0 Å². The molecule has 2 N–H and O–H groups in total. The average Bonchev–Trinajstić information content (AvgIpc) is 2.25.